The zero-order chi connectivity index (χ0) is 14.2. The molecule has 4 heteroatoms. The van der Waals surface area contributed by atoms with Gasteiger partial charge >= 0.3 is 5.97 Å². The lowest BCUT2D eigenvalue weighted by atomic mass is 10.1. The third-order valence-corrected chi connectivity index (χ3v) is 4.84. The quantitative estimate of drug-likeness (QED) is 0.244. The molecule has 0 fully saturated rings. The lowest BCUT2D eigenvalue weighted by Crippen LogP contribution is -2.07. The molecule has 0 rings (SSSR count). The highest BCUT2D eigenvalue weighted by atomic mass is 79.9. The molecule has 0 aromatic rings. The number of carbonyl (C=O) groups is 1. The lowest BCUT2D eigenvalue weighted by molar-refractivity contribution is -0.143. The molecule has 0 saturated carbocycles. The van der Waals surface area contributed by atoms with Gasteiger partial charge in [-0.3, -0.25) is 4.79 Å². The van der Waals surface area contributed by atoms with Crippen molar-refractivity contribution < 1.29 is 9.53 Å². The van der Waals surface area contributed by atoms with E-state index in [1.165, 1.54) is 44.9 Å². The van der Waals surface area contributed by atoms with Gasteiger partial charge in [-0.1, -0.05) is 67.8 Å². The number of ether oxygens (including phenoxy) is 1. The van der Waals surface area contributed by atoms with Crippen molar-refractivity contribution in [2.24, 2.45) is 0 Å². The van der Waals surface area contributed by atoms with Crippen LogP contribution < -0.4 is 0 Å². The molecule has 0 aromatic carbocycles. The molecule has 0 radical (unpaired) electrons. The van der Waals surface area contributed by atoms with E-state index in [4.69, 9.17) is 4.74 Å². The van der Waals surface area contributed by atoms with Crippen LogP contribution >= 0.6 is 27.7 Å². The van der Waals surface area contributed by atoms with Crippen molar-refractivity contribution in [1.82, 2.24) is 0 Å². The van der Waals surface area contributed by atoms with E-state index in [1.807, 2.05) is 0 Å². The second-order valence-electron chi connectivity index (χ2n) is 4.75. The van der Waals surface area contributed by atoms with Crippen LogP contribution in [0.1, 0.15) is 64.7 Å². The lowest BCUT2D eigenvalue weighted by Gasteiger charge is -2.05. The Kier molecular flexibility index (Phi) is 16.6. The van der Waals surface area contributed by atoms with Crippen molar-refractivity contribution in [2.75, 3.05) is 23.4 Å². The summed E-state index contributed by atoms with van der Waals surface area (Å²) >= 11 is 5.16. The Bertz CT molecular complexity index is 201. The number of halogens is 1. The zero-order valence-electron chi connectivity index (χ0n) is 12.3. The van der Waals surface area contributed by atoms with Crippen LogP contribution in [-0.4, -0.2) is 29.4 Å². The molecule has 0 atom stereocenters. The number of unbranched alkanes of at least 4 members (excludes halogenated alkanes) is 7. The first-order valence-electron chi connectivity index (χ1n) is 7.60. The topological polar surface area (TPSA) is 26.3 Å². The zero-order valence-corrected chi connectivity index (χ0v) is 14.7. The van der Waals surface area contributed by atoms with Gasteiger partial charge in [0, 0.05) is 16.8 Å². The van der Waals surface area contributed by atoms with E-state index in [1.54, 1.807) is 11.8 Å². The molecule has 0 aliphatic heterocycles. The van der Waals surface area contributed by atoms with Crippen LogP contribution in [0.25, 0.3) is 0 Å². The molecule has 0 amide bonds. The van der Waals surface area contributed by atoms with Gasteiger partial charge in [-0.15, -0.1) is 0 Å². The number of hydrogen-bond donors (Lipinski definition) is 0. The van der Waals surface area contributed by atoms with Crippen LogP contribution in [0.4, 0.5) is 0 Å². The van der Waals surface area contributed by atoms with Crippen molar-refractivity contribution in [3.63, 3.8) is 0 Å². The number of alkyl halides is 1. The van der Waals surface area contributed by atoms with Crippen molar-refractivity contribution in [1.29, 1.82) is 0 Å². The van der Waals surface area contributed by atoms with Gasteiger partial charge in [0.2, 0.25) is 0 Å². The van der Waals surface area contributed by atoms with Gasteiger partial charge in [-0.05, 0) is 6.42 Å². The minimum Gasteiger partial charge on any atom is -0.466 e. The highest BCUT2D eigenvalue weighted by molar-refractivity contribution is 9.09. The van der Waals surface area contributed by atoms with E-state index in [0.29, 0.717) is 13.0 Å². The minimum absolute atomic E-state index is 0.0370. The summed E-state index contributed by atoms with van der Waals surface area (Å²) in [5.74, 6) is 1.90. The first-order chi connectivity index (χ1) is 9.31. The number of carbonyl (C=O) groups excluding carboxylic acids is 1. The highest BCUT2D eigenvalue weighted by Gasteiger charge is 2.02. The summed E-state index contributed by atoms with van der Waals surface area (Å²) in [4.78, 5) is 11.4. The maximum atomic E-state index is 11.4. The van der Waals surface area contributed by atoms with Crippen molar-refractivity contribution in [2.45, 2.75) is 64.7 Å². The van der Waals surface area contributed by atoms with Gasteiger partial charge < -0.3 is 4.74 Å². The fourth-order valence-corrected chi connectivity index (χ4v) is 3.12. The van der Waals surface area contributed by atoms with Crippen LogP contribution in [-0.2, 0) is 9.53 Å². The van der Waals surface area contributed by atoms with E-state index in [0.717, 1.165) is 23.3 Å². The maximum Gasteiger partial charge on any atom is 0.306 e. The second kappa shape index (κ2) is 16.4. The number of rotatable bonds is 14. The van der Waals surface area contributed by atoms with Gasteiger partial charge in [0.25, 0.3) is 0 Å². The summed E-state index contributed by atoms with van der Waals surface area (Å²) in [5, 5.41) is 0.991. The molecule has 0 N–H and O–H groups in total. The number of hydrogen-bond acceptors (Lipinski definition) is 3. The van der Waals surface area contributed by atoms with E-state index < -0.39 is 0 Å². The number of esters is 1. The van der Waals surface area contributed by atoms with Crippen LogP contribution in [0.15, 0.2) is 0 Å². The first kappa shape index (κ1) is 19.3. The average molecular weight is 353 g/mol. The summed E-state index contributed by atoms with van der Waals surface area (Å²) in [6.45, 7) is 2.85. The Balaban J connectivity index is 3.10. The molecule has 0 bridgehead atoms. The van der Waals surface area contributed by atoms with Crippen LogP contribution in [0.5, 0.6) is 0 Å². The molecule has 0 heterocycles. The Morgan fingerprint density at radius 3 is 2.26 bits per heavy atom. The van der Waals surface area contributed by atoms with Gasteiger partial charge in [0.15, 0.2) is 0 Å². The minimum atomic E-state index is -0.0370. The van der Waals surface area contributed by atoms with Crippen LogP contribution in [0.2, 0.25) is 0 Å². The molecular formula is C15H29BrO2S. The molecule has 0 aromatic heterocycles. The molecular weight excluding hydrogens is 324 g/mol. The molecule has 114 valence electrons. The Labute approximate surface area is 131 Å². The maximum absolute atomic E-state index is 11.4. The van der Waals surface area contributed by atoms with E-state index in [2.05, 4.69) is 22.9 Å². The fourth-order valence-electron chi connectivity index (χ4n) is 1.81. The van der Waals surface area contributed by atoms with E-state index >= 15 is 0 Å². The Hall–Kier alpha value is 0.300. The van der Waals surface area contributed by atoms with Crippen molar-refractivity contribution >= 4 is 33.7 Å². The fraction of sp³-hybridized carbons (Fsp3) is 0.933. The summed E-state index contributed by atoms with van der Waals surface area (Å²) in [6, 6.07) is 0. The molecule has 0 aliphatic rings. The average Bonchev–Trinajstić information content (AvgIpc) is 2.42. The highest BCUT2D eigenvalue weighted by Crippen LogP contribution is 2.09. The standard InChI is InChI=1S/C15H29BrO2S/c1-2-3-4-5-6-7-8-9-12-18-15(17)10-13-19-14-11-16/h2-14H2,1H3. The smallest absolute Gasteiger partial charge is 0.306 e. The molecule has 0 saturated heterocycles. The van der Waals surface area contributed by atoms with Crippen LogP contribution in [0, 0.1) is 0 Å². The summed E-state index contributed by atoms with van der Waals surface area (Å²) in [5.41, 5.74) is 0. The predicted molar refractivity (Wildman–Crippen MR) is 89.3 cm³/mol. The van der Waals surface area contributed by atoms with Crippen molar-refractivity contribution in [3.05, 3.63) is 0 Å². The van der Waals surface area contributed by atoms with Gasteiger partial charge in [-0.2, -0.15) is 11.8 Å². The van der Waals surface area contributed by atoms with E-state index in [-0.39, 0.29) is 5.97 Å². The SMILES string of the molecule is CCCCCCCCCCOC(=O)CCSCCBr. The predicted octanol–water partition coefficient (Wildman–Crippen LogP) is 5.19. The number of thioether (sulfide) groups is 1. The van der Waals surface area contributed by atoms with Gasteiger partial charge in [0.1, 0.15) is 0 Å². The first-order valence-corrected chi connectivity index (χ1v) is 9.88. The van der Waals surface area contributed by atoms with Crippen molar-refractivity contribution in [3.8, 4) is 0 Å². The molecule has 2 nitrogen and oxygen atoms in total. The summed E-state index contributed by atoms with van der Waals surface area (Å²) in [6.07, 6.45) is 10.8. The second-order valence-corrected chi connectivity index (χ2v) is 6.76. The molecule has 0 unspecified atom stereocenters. The summed E-state index contributed by atoms with van der Waals surface area (Å²) in [7, 11) is 0. The van der Waals surface area contributed by atoms with E-state index in [9.17, 15) is 4.79 Å². The summed E-state index contributed by atoms with van der Waals surface area (Å²) < 4.78 is 5.20. The molecule has 0 aliphatic carbocycles. The normalized spacial score (nSPS) is 10.6. The monoisotopic (exact) mass is 352 g/mol. The molecule has 0 spiro atoms. The largest absolute Gasteiger partial charge is 0.466 e. The third kappa shape index (κ3) is 16.2. The Morgan fingerprint density at radius 1 is 1.00 bits per heavy atom. The van der Waals surface area contributed by atoms with Gasteiger partial charge in [-0.25, -0.2) is 0 Å². The van der Waals surface area contributed by atoms with Gasteiger partial charge in [0.05, 0.1) is 13.0 Å². The molecule has 19 heavy (non-hydrogen) atoms. The Morgan fingerprint density at radius 2 is 1.63 bits per heavy atom. The van der Waals surface area contributed by atoms with Crippen LogP contribution in [0.3, 0.4) is 0 Å². The third-order valence-electron chi connectivity index (χ3n) is 2.93.